The standard InChI is InChI=1S/C24H24N4O2S/c1-17-7-5-11-27-22(29)13-19(26-23(17)27)16-31-24-25-14-21(18-8-3-2-4-9-18)28(24)15-20-10-6-12-30-20/h2-5,7-9,11,13-14,20H,6,10,12,15-16H2,1H3/t20-/m0/s1. The van der Waals surface area contributed by atoms with E-state index in [4.69, 9.17) is 14.7 Å². The van der Waals surface area contributed by atoms with Crippen molar-refractivity contribution < 1.29 is 4.74 Å². The number of benzene rings is 1. The largest absolute Gasteiger partial charge is 0.376 e. The quantitative estimate of drug-likeness (QED) is 0.424. The van der Waals surface area contributed by atoms with Crippen molar-refractivity contribution in [2.24, 2.45) is 0 Å². The molecular formula is C24H24N4O2S. The summed E-state index contributed by atoms with van der Waals surface area (Å²) in [6, 6.07) is 15.8. The molecule has 1 fully saturated rings. The molecule has 5 rings (SSSR count). The number of fused-ring (bicyclic) bond motifs is 1. The van der Waals surface area contributed by atoms with E-state index in [-0.39, 0.29) is 11.7 Å². The van der Waals surface area contributed by atoms with E-state index in [9.17, 15) is 4.79 Å². The van der Waals surface area contributed by atoms with Crippen LogP contribution in [-0.2, 0) is 17.0 Å². The first-order valence-electron chi connectivity index (χ1n) is 10.5. The highest BCUT2D eigenvalue weighted by atomic mass is 32.2. The molecule has 1 atom stereocenters. The summed E-state index contributed by atoms with van der Waals surface area (Å²) < 4.78 is 9.74. The average Bonchev–Trinajstić information content (AvgIpc) is 3.44. The lowest BCUT2D eigenvalue weighted by Crippen LogP contribution is -2.17. The summed E-state index contributed by atoms with van der Waals surface area (Å²) in [5.41, 5.74) is 4.61. The smallest absolute Gasteiger partial charge is 0.258 e. The third-order valence-electron chi connectivity index (χ3n) is 5.59. The maximum Gasteiger partial charge on any atom is 0.258 e. The molecule has 0 aliphatic carbocycles. The Morgan fingerprint density at radius 3 is 2.87 bits per heavy atom. The van der Waals surface area contributed by atoms with Gasteiger partial charge in [0.25, 0.3) is 5.56 Å². The van der Waals surface area contributed by atoms with Crippen molar-refractivity contribution in [1.82, 2.24) is 18.9 Å². The van der Waals surface area contributed by atoms with E-state index in [1.165, 1.54) is 0 Å². The minimum absolute atomic E-state index is 0.0584. The molecule has 0 N–H and O–H groups in total. The van der Waals surface area contributed by atoms with Crippen molar-refractivity contribution >= 4 is 17.4 Å². The second kappa shape index (κ2) is 8.69. The van der Waals surface area contributed by atoms with Gasteiger partial charge in [0.05, 0.1) is 30.2 Å². The van der Waals surface area contributed by atoms with Crippen LogP contribution in [0.1, 0.15) is 24.1 Å². The van der Waals surface area contributed by atoms with Gasteiger partial charge in [-0.15, -0.1) is 0 Å². The predicted octanol–water partition coefficient (Wildman–Crippen LogP) is 4.34. The maximum absolute atomic E-state index is 12.5. The van der Waals surface area contributed by atoms with Gasteiger partial charge in [-0.3, -0.25) is 9.20 Å². The minimum atomic E-state index is -0.0584. The molecule has 7 heteroatoms. The fourth-order valence-corrected chi connectivity index (χ4v) is 4.88. The first-order chi connectivity index (χ1) is 15.2. The van der Waals surface area contributed by atoms with Crippen molar-refractivity contribution in [2.45, 2.75) is 43.3 Å². The van der Waals surface area contributed by atoms with Crippen molar-refractivity contribution in [3.63, 3.8) is 0 Å². The number of nitrogens with zero attached hydrogens (tertiary/aromatic N) is 4. The molecule has 0 saturated carbocycles. The van der Waals surface area contributed by atoms with Crippen molar-refractivity contribution in [1.29, 1.82) is 0 Å². The molecule has 1 aromatic carbocycles. The summed E-state index contributed by atoms with van der Waals surface area (Å²) >= 11 is 1.61. The number of hydrogen-bond donors (Lipinski definition) is 0. The molecule has 4 aromatic rings. The molecule has 1 aliphatic rings. The third kappa shape index (κ3) is 4.16. The third-order valence-corrected chi connectivity index (χ3v) is 6.61. The molecule has 158 valence electrons. The van der Waals surface area contributed by atoms with Crippen LogP contribution in [0.4, 0.5) is 0 Å². The topological polar surface area (TPSA) is 61.4 Å². The lowest BCUT2D eigenvalue weighted by Gasteiger charge is -2.16. The second-order valence-electron chi connectivity index (χ2n) is 7.80. The van der Waals surface area contributed by atoms with Crippen LogP contribution >= 0.6 is 11.8 Å². The summed E-state index contributed by atoms with van der Waals surface area (Å²) in [7, 11) is 0. The van der Waals surface area contributed by atoms with Gasteiger partial charge in [0.1, 0.15) is 5.65 Å². The van der Waals surface area contributed by atoms with Gasteiger partial charge >= 0.3 is 0 Å². The van der Waals surface area contributed by atoms with E-state index >= 15 is 0 Å². The fraction of sp³-hybridized carbons (Fsp3) is 0.292. The summed E-state index contributed by atoms with van der Waals surface area (Å²) in [5.74, 6) is 0.580. The van der Waals surface area contributed by atoms with E-state index in [2.05, 4.69) is 16.7 Å². The monoisotopic (exact) mass is 432 g/mol. The van der Waals surface area contributed by atoms with Gasteiger partial charge < -0.3 is 9.30 Å². The van der Waals surface area contributed by atoms with E-state index < -0.39 is 0 Å². The van der Waals surface area contributed by atoms with Crippen LogP contribution in [0.5, 0.6) is 0 Å². The SMILES string of the molecule is Cc1cccn2c(=O)cc(CSc3ncc(-c4ccccc4)n3C[C@@H]3CCCO3)nc12. The van der Waals surface area contributed by atoms with Crippen LogP contribution in [0.15, 0.2) is 70.9 Å². The average molecular weight is 433 g/mol. The Kier molecular flexibility index (Phi) is 5.61. The zero-order chi connectivity index (χ0) is 21.2. The molecular weight excluding hydrogens is 408 g/mol. The van der Waals surface area contributed by atoms with E-state index in [0.717, 1.165) is 53.7 Å². The molecule has 4 heterocycles. The number of aryl methyl sites for hydroxylation is 1. The Labute approximate surface area is 184 Å². The van der Waals surface area contributed by atoms with Crippen LogP contribution in [0.3, 0.4) is 0 Å². The second-order valence-corrected chi connectivity index (χ2v) is 8.74. The Morgan fingerprint density at radius 2 is 2.06 bits per heavy atom. The maximum atomic E-state index is 12.5. The van der Waals surface area contributed by atoms with Crippen LogP contribution < -0.4 is 5.56 Å². The van der Waals surface area contributed by atoms with Crippen LogP contribution in [0.25, 0.3) is 16.9 Å². The highest BCUT2D eigenvalue weighted by Gasteiger charge is 2.21. The summed E-state index contributed by atoms with van der Waals surface area (Å²) in [5, 5.41) is 0.918. The van der Waals surface area contributed by atoms with Gasteiger partial charge in [0.15, 0.2) is 5.16 Å². The first-order valence-corrected chi connectivity index (χ1v) is 11.5. The molecule has 0 unspecified atom stereocenters. The number of pyridine rings is 1. The molecule has 0 amide bonds. The first kappa shape index (κ1) is 20.0. The van der Waals surface area contributed by atoms with E-state index in [1.54, 1.807) is 28.4 Å². The van der Waals surface area contributed by atoms with Crippen LogP contribution in [0, 0.1) is 6.92 Å². The fourth-order valence-electron chi connectivity index (χ4n) is 4.00. The number of thioether (sulfide) groups is 1. The number of imidazole rings is 1. The van der Waals surface area contributed by atoms with Gasteiger partial charge in [0.2, 0.25) is 0 Å². The normalized spacial score (nSPS) is 16.2. The lowest BCUT2D eigenvalue weighted by molar-refractivity contribution is 0.0954. The zero-order valence-corrected chi connectivity index (χ0v) is 18.2. The molecule has 0 bridgehead atoms. The molecule has 3 aromatic heterocycles. The molecule has 31 heavy (non-hydrogen) atoms. The number of aromatic nitrogens is 4. The highest BCUT2D eigenvalue weighted by molar-refractivity contribution is 7.98. The molecule has 1 aliphatic heterocycles. The van der Waals surface area contributed by atoms with E-state index in [0.29, 0.717) is 11.4 Å². The molecule has 1 saturated heterocycles. The Morgan fingerprint density at radius 1 is 1.19 bits per heavy atom. The van der Waals surface area contributed by atoms with Gasteiger partial charge in [-0.2, -0.15) is 0 Å². The summed E-state index contributed by atoms with van der Waals surface area (Å²) in [6.45, 7) is 3.57. The van der Waals surface area contributed by atoms with Gasteiger partial charge in [-0.05, 0) is 37.0 Å². The molecule has 6 nitrogen and oxygen atoms in total. The van der Waals surface area contributed by atoms with Crippen LogP contribution in [0.2, 0.25) is 0 Å². The number of rotatable bonds is 6. The summed E-state index contributed by atoms with van der Waals surface area (Å²) in [6.07, 6.45) is 6.07. The Hall–Kier alpha value is -2.90. The minimum Gasteiger partial charge on any atom is -0.376 e. The van der Waals surface area contributed by atoms with Gasteiger partial charge in [0, 0.05) is 24.6 Å². The highest BCUT2D eigenvalue weighted by Crippen LogP contribution is 2.29. The van der Waals surface area contributed by atoms with Gasteiger partial charge in [-0.1, -0.05) is 48.2 Å². The molecule has 0 radical (unpaired) electrons. The molecule has 0 spiro atoms. The van der Waals surface area contributed by atoms with Crippen molar-refractivity contribution in [3.05, 3.63) is 82.5 Å². The van der Waals surface area contributed by atoms with Crippen molar-refractivity contribution in [3.8, 4) is 11.3 Å². The number of ether oxygens (including phenoxy) is 1. The number of hydrogen-bond acceptors (Lipinski definition) is 5. The zero-order valence-electron chi connectivity index (χ0n) is 17.4. The van der Waals surface area contributed by atoms with E-state index in [1.807, 2.05) is 43.5 Å². The Balaban J connectivity index is 1.45. The van der Waals surface area contributed by atoms with Crippen LogP contribution in [-0.4, -0.2) is 31.6 Å². The van der Waals surface area contributed by atoms with Crippen molar-refractivity contribution in [2.75, 3.05) is 6.61 Å². The summed E-state index contributed by atoms with van der Waals surface area (Å²) in [4.78, 5) is 22.0. The predicted molar refractivity (Wildman–Crippen MR) is 122 cm³/mol. The Bertz CT molecular complexity index is 1260. The van der Waals surface area contributed by atoms with Gasteiger partial charge in [-0.25, -0.2) is 9.97 Å². The lowest BCUT2D eigenvalue weighted by atomic mass is 10.1.